The second-order valence-corrected chi connectivity index (χ2v) is 7.25. The first-order valence-electron chi connectivity index (χ1n) is 9.28. The van der Waals surface area contributed by atoms with Gasteiger partial charge in [0.05, 0.1) is 18.2 Å². The molecule has 2 aromatic rings. The van der Waals surface area contributed by atoms with Crippen LogP contribution in [-0.2, 0) is 4.79 Å². The third kappa shape index (κ3) is 4.34. The minimum atomic E-state index is -0.338. The molecule has 0 radical (unpaired) electrons. The molecule has 0 saturated carbocycles. The van der Waals surface area contributed by atoms with Crippen molar-refractivity contribution in [3.05, 3.63) is 70.4 Å². The summed E-state index contributed by atoms with van der Waals surface area (Å²) in [6, 6.07) is 13.4. The normalized spacial score (nSPS) is 16.3. The van der Waals surface area contributed by atoms with Crippen LogP contribution in [0.1, 0.15) is 36.6 Å². The molecular formula is C22H25N3O2S. The van der Waals surface area contributed by atoms with Gasteiger partial charge in [-0.1, -0.05) is 24.3 Å². The van der Waals surface area contributed by atoms with Crippen LogP contribution >= 0.6 is 12.2 Å². The lowest BCUT2D eigenvalue weighted by Crippen LogP contribution is -2.45. The van der Waals surface area contributed by atoms with E-state index in [9.17, 15) is 4.79 Å². The van der Waals surface area contributed by atoms with E-state index in [1.165, 1.54) is 0 Å². The standard InChI is InChI=1S/C22H25N3O2S/c1-5-27-17-10-8-16(9-11-17)20-19(15(4)23-22(28)25-20)21(26)24-18-12-13(2)6-7-14(18)3/h6-12,20H,5H2,1-4H3,(H,24,26)(H2,23,25,28)/t20-/m0/s1. The van der Waals surface area contributed by atoms with Crippen molar-refractivity contribution in [1.29, 1.82) is 0 Å². The summed E-state index contributed by atoms with van der Waals surface area (Å²) in [7, 11) is 0. The Hall–Kier alpha value is -2.86. The zero-order chi connectivity index (χ0) is 20.3. The number of amides is 1. The molecule has 3 N–H and O–H groups in total. The van der Waals surface area contributed by atoms with Crippen LogP contribution in [0, 0.1) is 13.8 Å². The molecule has 0 unspecified atom stereocenters. The van der Waals surface area contributed by atoms with Crippen LogP contribution in [0.15, 0.2) is 53.7 Å². The molecule has 1 aliphatic heterocycles. The van der Waals surface area contributed by atoms with Crippen molar-refractivity contribution < 1.29 is 9.53 Å². The molecule has 5 nitrogen and oxygen atoms in total. The average molecular weight is 396 g/mol. The number of aryl methyl sites for hydroxylation is 2. The molecule has 1 amide bonds. The van der Waals surface area contributed by atoms with Gasteiger partial charge in [-0.05, 0) is 74.8 Å². The monoisotopic (exact) mass is 395 g/mol. The Morgan fingerprint density at radius 3 is 2.54 bits per heavy atom. The van der Waals surface area contributed by atoms with E-state index < -0.39 is 0 Å². The highest BCUT2D eigenvalue weighted by molar-refractivity contribution is 7.80. The number of nitrogens with one attached hydrogen (secondary N) is 3. The van der Waals surface area contributed by atoms with Crippen LogP contribution in [-0.4, -0.2) is 17.6 Å². The first-order valence-corrected chi connectivity index (χ1v) is 9.69. The fourth-order valence-corrected chi connectivity index (χ4v) is 3.50. The van der Waals surface area contributed by atoms with Gasteiger partial charge < -0.3 is 20.7 Å². The molecule has 0 saturated heterocycles. The predicted molar refractivity (Wildman–Crippen MR) is 116 cm³/mol. The number of thiocarbonyl (C=S) groups is 1. The first kappa shape index (κ1) is 19.9. The molecule has 3 rings (SSSR count). The molecule has 0 fully saturated rings. The van der Waals surface area contributed by atoms with E-state index in [2.05, 4.69) is 16.0 Å². The van der Waals surface area contributed by atoms with Crippen molar-refractivity contribution in [2.45, 2.75) is 33.7 Å². The van der Waals surface area contributed by atoms with Crippen molar-refractivity contribution in [2.75, 3.05) is 11.9 Å². The second-order valence-electron chi connectivity index (χ2n) is 6.84. The molecule has 0 bridgehead atoms. The summed E-state index contributed by atoms with van der Waals surface area (Å²) in [4.78, 5) is 13.2. The predicted octanol–water partition coefficient (Wildman–Crippen LogP) is 4.13. The van der Waals surface area contributed by atoms with E-state index in [-0.39, 0.29) is 11.9 Å². The van der Waals surface area contributed by atoms with E-state index >= 15 is 0 Å². The van der Waals surface area contributed by atoms with Crippen LogP contribution in [0.25, 0.3) is 0 Å². The zero-order valence-electron chi connectivity index (χ0n) is 16.6. The zero-order valence-corrected chi connectivity index (χ0v) is 17.4. The molecular weight excluding hydrogens is 370 g/mol. The van der Waals surface area contributed by atoms with E-state index in [4.69, 9.17) is 17.0 Å². The first-order chi connectivity index (χ1) is 13.4. The van der Waals surface area contributed by atoms with E-state index in [1.807, 2.05) is 70.2 Å². The maximum absolute atomic E-state index is 13.2. The number of carbonyl (C=O) groups is 1. The average Bonchev–Trinajstić information content (AvgIpc) is 2.65. The van der Waals surface area contributed by atoms with Crippen molar-refractivity contribution in [2.24, 2.45) is 0 Å². The fraction of sp³-hybridized carbons (Fsp3) is 0.273. The van der Waals surface area contributed by atoms with E-state index in [1.54, 1.807) is 0 Å². The van der Waals surface area contributed by atoms with Crippen LogP contribution in [0.5, 0.6) is 5.75 Å². The molecule has 1 atom stereocenters. The largest absolute Gasteiger partial charge is 0.494 e. The molecule has 1 aliphatic rings. The Balaban J connectivity index is 1.92. The number of hydrogen-bond donors (Lipinski definition) is 3. The molecule has 0 aliphatic carbocycles. The van der Waals surface area contributed by atoms with Gasteiger partial charge in [-0.2, -0.15) is 0 Å². The number of carbonyl (C=O) groups excluding carboxylic acids is 1. The van der Waals surface area contributed by atoms with Gasteiger partial charge in [0.2, 0.25) is 0 Å². The van der Waals surface area contributed by atoms with Crippen LogP contribution in [0.2, 0.25) is 0 Å². The third-order valence-electron chi connectivity index (χ3n) is 4.68. The number of allylic oxidation sites excluding steroid dienone is 1. The Labute approximate surface area is 171 Å². The highest BCUT2D eigenvalue weighted by Crippen LogP contribution is 2.29. The number of ether oxygens (including phenoxy) is 1. The fourth-order valence-electron chi connectivity index (χ4n) is 3.23. The summed E-state index contributed by atoms with van der Waals surface area (Å²) in [5.41, 5.74) is 5.21. The second kappa shape index (κ2) is 8.44. The van der Waals surface area contributed by atoms with Crippen molar-refractivity contribution >= 4 is 28.9 Å². The summed E-state index contributed by atoms with van der Waals surface area (Å²) < 4.78 is 5.52. The lowest BCUT2D eigenvalue weighted by molar-refractivity contribution is -0.113. The molecule has 1 heterocycles. The Kier molecular flexibility index (Phi) is 5.99. The Morgan fingerprint density at radius 2 is 1.86 bits per heavy atom. The summed E-state index contributed by atoms with van der Waals surface area (Å²) >= 11 is 5.32. The van der Waals surface area contributed by atoms with Gasteiger partial charge >= 0.3 is 0 Å². The summed E-state index contributed by atoms with van der Waals surface area (Å²) in [6.45, 7) is 8.41. The highest BCUT2D eigenvalue weighted by Gasteiger charge is 2.30. The van der Waals surface area contributed by atoms with Crippen molar-refractivity contribution in [3.63, 3.8) is 0 Å². The Bertz CT molecular complexity index is 935. The van der Waals surface area contributed by atoms with Crippen LogP contribution in [0.4, 0.5) is 5.69 Å². The maximum Gasteiger partial charge on any atom is 0.255 e. The molecule has 6 heteroatoms. The van der Waals surface area contributed by atoms with E-state index in [0.29, 0.717) is 17.3 Å². The highest BCUT2D eigenvalue weighted by atomic mass is 32.1. The molecule has 146 valence electrons. The third-order valence-corrected chi connectivity index (χ3v) is 4.90. The molecule has 28 heavy (non-hydrogen) atoms. The van der Waals surface area contributed by atoms with Gasteiger partial charge in [-0.3, -0.25) is 4.79 Å². The number of hydrogen-bond acceptors (Lipinski definition) is 3. The van der Waals surface area contributed by atoms with Crippen molar-refractivity contribution in [3.8, 4) is 5.75 Å². The topological polar surface area (TPSA) is 62.4 Å². The number of anilines is 1. The number of benzene rings is 2. The number of rotatable bonds is 5. The van der Waals surface area contributed by atoms with Gasteiger partial charge in [0.1, 0.15) is 5.75 Å². The SMILES string of the molecule is CCOc1ccc([C@@H]2NC(=S)NC(C)=C2C(=O)Nc2cc(C)ccc2C)cc1. The smallest absolute Gasteiger partial charge is 0.255 e. The quantitative estimate of drug-likeness (QED) is 0.665. The summed E-state index contributed by atoms with van der Waals surface area (Å²) in [5, 5.41) is 9.84. The maximum atomic E-state index is 13.2. The van der Waals surface area contributed by atoms with Crippen LogP contribution in [0.3, 0.4) is 0 Å². The lowest BCUT2D eigenvalue weighted by atomic mass is 9.94. The lowest BCUT2D eigenvalue weighted by Gasteiger charge is -2.30. The summed E-state index contributed by atoms with van der Waals surface area (Å²) in [6.07, 6.45) is 0. The molecule has 2 aromatic carbocycles. The van der Waals surface area contributed by atoms with Crippen molar-refractivity contribution in [1.82, 2.24) is 10.6 Å². The molecule has 0 spiro atoms. The molecule has 0 aromatic heterocycles. The van der Waals surface area contributed by atoms with Gasteiger partial charge in [-0.15, -0.1) is 0 Å². The Morgan fingerprint density at radius 1 is 1.14 bits per heavy atom. The minimum Gasteiger partial charge on any atom is -0.494 e. The van der Waals surface area contributed by atoms with Gasteiger partial charge in [0.15, 0.2) is 5.11 Å². The van der Waals surface area contributed by atoms with E-state index in [0.717, 1.165) is 33.8 Å². The minimum absolute atomic E-state index is 0.160. The van der Waals surface area contributed by atoms with Crippen LogP contribution < -0.4 is 20.7 Å². The van der Waals surface area contributed by atoms with Gasteiger partial charge in [-0.25, -0.2) is 0 Å². The summed E-state index contributed by atoms with van der Waals surface area (Å²) in [5.74, 6) is 0.637. The van der Waals surface area contributed by atoms with Gasteiger partial charge in [0, 0.05) is 11.4 Å². The van der Waals surface area contributed by atoms with Gasteiger partial charge in [0.25, 0.3) is 5.91 Å².